The Hall–Kier alpha value is -1.27. The van der Waals surface area contributed by atoms with Crippen molar-refractivity contribution in [3.63, 3.8) is 0 Å². The molecule has 0 radical (unpaired) electrons. The van der Waals surface area contributed by atoms with Gasteiger partial charge in [0.25, 0.3) is 0 Å². The molecule has 0 aliphatic rings. The summed E-state index contributed by atoms with van der Waals surface area (Å²) in [6.45, 7) is 8.93. The van der Waals surface area contributed by atoms with Gasteiger partial charge in [-0.2, -0.15) is 0 Å². The lowest BCUT2D eigenvalue weighted by Crippen LogP contribution is -2.18. The number of methoxy groups -OCH3 is 1. The molecule has 3 heteroatoms. The normalized spacial score (nSPS) is 11.2. The number of aryl methyl sites for hydroxylation is 2. The van der Waals surface area contributed by atoms with Gasteiger partial charge in [-0.1, -0.05) is 40.7 Å². The van der Waals surface area contributed by atoms with Crippen LogP contribution in [0.5, 0.6) is 5.75 Å². The van der Waals surface area contributed by atoms with Gasteiger partial charge in [0.05, 0.1) is 12.8 Å². The van der Waals surface area contributed by atoms with E-state index in [1.165, 1.54) is 47.5 Å². The Morgan fingerprint density at radius 1 is 0.955 bits per heavy atom. The highest BCUT2D eigenvalue weighted by Crippen LogP contribution is 2.42. The first kappa shape index (κ1) is 17.1. The first-order valence-corrected chi connectivity index (χ1v) is 9.92. The number of aromatic nitrogens is 1. The molecule has 0 atom stereocenters. The van der Waals surface area contributed by atoms with Crippen LogP contribution in [0.1, 0.15) is 38.1 Å². The molecule has 120 valence electrons. The average molecular weight is 317 g/mol. The van der Waals surface area contributed by atoms with E-state index in [1.54, 1.807) is 7.11 Å². The lowest BCUT2D eigenvalue weighted by molar-refractivity contribution is 0.418. The Morgan fingerprint density at radius 3 is 2.05 bits per heavy atom. The number of benzene rings is 1. The van der Waals surface area contributed by atoms with Crippen LogP contribution in [-0.2, 0) is 0 Å². The van der Waals surface area contributed by atoms with Crippen molar-refractivity contribution in [3.05, 3.63) is 41.7 Å². The maximum absolute atomic E-state index is 5.74. The van der Waals surface area contributed by atoms with Gasteiger partial charge in [-0.3, -0.25) is 0 Å². The molecule has 0 unspecified atom stereocenters. The second-order valence-corrected chi connectivity index (χ2v) is 8.19. The smallest absolute Gasteiger partial charge is 0.128 e. The molecule has 0 saturated heterocycles. The van der Waals surface area contributed by atoms with Crippen LogP contribution < -0.4 is 10.0 Å². The quantitative estimate of drug-likeness (QED) is 0.653. The van der Waals surface area contributed by atoms with Crippen molar-refractivity contribution in [1.82, 2.24) is 4.57 Å². The highest BCUT2D eigenvalue weighted by atomic mass is 31.1. The molecule has 0 N–H and O–H groups in total. The SMILES string of the molecule is CCCP(CCC)c1c(OC)cccc1-n1c(C)ccc1C. The lowest BCUT2D eigenvalue weighted by Gasteiger charge is -2.24. The maximum atomic E-state index is 5.74. The van der Waals surface area contributed by atoms with E-state index >= 15 is 0 Å². The van der Waals surface area contributed by atoms with Crippen LogP contribution in [0, 0.1) is 13.8 Å². The zero-order valence-electron chi connectivity index (χ0n) is 14.5. The third-order valence-electron chi connectivity index (χ3n) is 4.01. The molecular weight excluding hydrogens is 289 g/mol. The van der Waals surface area contributed by atoms with Crippen LogP contribution in [0.15, 0.2) is 30.3 Å². The van der Waals surface area contributed by atoms with Crippen LogP contribution >= 0.6 is 7.92 Å². The third kappa shape index (κ3) is 3.38. The predicted octanol–water partition coefficient (Wildman–Crippen LogP) is 5.03. The van der Waals surface area contributed by atoms with Crippen molar-refractivity contribution in [2.75, 3.05) is 19.4 Å². The summed E-state index contributed by atoms with van der Waals surface area (Å²) in [6, 6.07) is 10.9. The molecule has 0 aliphatic carbocycles. The summed E-state index contributed by atoms with van der Waals surface area (Å²) in [5.41, 5.74) is 3.89. The van der Waals surface area contributed by atoms with Crippen LogP contribution in [-0.4, -0.2) is 24.0 Å². The van der Waals surface area contributed by atoms with Crippen molar-refractivity contribution in [1.29, 1.82) is 0 Å². The second kappa shape index (κ2) is 7.83. The zero-order valence-corrected chi connectivity index (χ0v) is 15.4. The van der Waals surface area contributed by atoms with Crippen molar-refractivity contribution in [3.8, 4) is 11.4 Å². The summed E-state index contributed by atoms with van der Waals surface area (Å²) in [5.74, 6) is 1.05. The second-order valence-electron chi connectivity index (χ2n) is 5.77. The molecule has 0 bridgehead atoms. The zero-order chi connectivity index (χ0) is 16.1. The molecule has 0 spiro atoms. The highest BCUT2D eigenvalue weighted by Gasteiger charge is 2.20. The Kier molecular flexibility index (Phi) is 6.08. The van der Waals surface area contributed by atoms with E-state index in [9.17, 15) is 0 Å². The fourth-order valence-electron chi connectivity index (χ4n) is 3.10. The lowest BCUT2D eigenvalue weighted by atomic mass is 10.2. The van der Waals surface area contributed by atoms with E-state index in [0.717, 1.165) is 5.75 Å². The van der Waals surface area contributed by atoms with Crippen LogP contribution in [0.2, 0.25) is 0 Å². The van der Waals surface area contributed by atoms with Crippen molar-refractivity contribution >= 4 is 13.2 Å². The van der Waals surface area contributed by atoms with Crippen LogP contribution in [0.25, 0.3) is 5.69 Å². The number of nitrogens with zero attached hydrogens (tertiary/aromatic N) is 1. The summed E-state index contributed by atoms with van der Waals surface area (Å²) < 4.78 is 8.11. The number of ether oxygens (including phenoxy) is 1. The Labute approximate surface area is 136 Å². The van der Waals surface area contributed by atoms with Gasteiger partial charge in [-0.15, -0.1) is 0 Å². The van der Waals surface area contributed by atoms with Gasteiger partial charge in [0.15, 0.2) is 0 Å². The maximum Gasteiger partial charge on any atom is 0.128 e. The van der Waals surface area contributed by atoms with Gasteiger partial charge in [0.2, 0.25) is 0 Å². The van der Waals surface area contributed by atoms with E-state index in [-0.39, 0.29) is 7.92 Å². The molecule has 2 rings (SSSR count). The van der Waals surface area contributed by atoms with Gasteiger partial charge >= 0.3 is 0 Å². The third-order valence-corrected chi connectivity index (χ3v) is 7.07. The fraction of sp³-hybridized carbons (Fsp3) is 0.474. The van der Waals surface area contributed by atoms with Crippen molar-refractivity contribution < 1.29 is 4.74 Å². The number of hydrogen-bond donors (Lipinski definition) is 0. The monoisotopic (exact) mass is 317 g/mol. The number of hydrogen-bond acceptors (Lipinski definition) is 1. The minimum atomic E-state index is -0.179. The average Bonchev–Trinajstić information content (AvgIpc) is 2.85. The van der Waals surface area contributed by atoms with Gasteiger partial charge in [-0.25, -0.2) is 0 Å². The van der Waals surface area contributed by atoms with E-state index in [4.69, 9.17) is 4.74 Å². The van der Waals surface area contributed by atoms with Gasteiger partial charge in [0, 0.05) is 16.7 Å². The molecule has 0 amide bonds. The minimum absolute atomic E-state index is 0.179. The Bertz CT molecular complexity index is 592. The number of rotatable bonds is 7. The molecule has 22 heavy (non-hydrogen) atoms. The minimum Gasteiger partial charge on any atom is -0.496 e. The molecular formula is C19H28NOP. The molecule has 0 saturated carbocycles. The van der Waals surface area contributed by atoms with E-state index in [1.807, 2.05) is 0 Å². The summed E-state index contributed by atoms with van der Waals surface area (Å²) in [6.07, 6.45) is 5.01. The molecule has 2 aromatic rings. The molecule has 2 nitrogen and oxygen atoms in total. The van der Waals surface area contributed by atoms with E-state index in [0.29, 0.717) is 0 Å². The van der Waals surface area contributed by atoms with Gasteiger partial charge in [-0.05, 0) is 50.4 Å². The molecule has 0 aliphatic heterocycles. The standard InChI is InChI=1S/C19H28NOP/c1-6-13-22(14-7-2)19-17(9-8-10-18(19)21-5)20-15(3)11-12-16(20)4/h8-12H,6-7,13-14H2,1-5H3. The van der Waals surface area contributed by atoms with E-state index in [2.05, 4.69) is 62.6 Å². The van der Waals surface area contributed by atoms with Crippen LogP contribution in [0.3, 0.4) is 0 Å². The first-order chi connectivity index (χ1) is 10.6. The summed E-state index contributed by atoms with van der Waals surface area (Å²) in [5, 5.41) is 1.44. The largest absolute Gasteiger partial charge is 0.496 e. The predicted molar refractivity (Wildman–Crippen MR) is 98.7 cm³/mol. The highest BCUT2D eigenvalue weighted by molar-refractivity contribution is 7.66. The first-order valence-electron chi connectivity index (χ1n) is 8.21. The molecule has 1 aromatic carbocycles. The van der Waals surface area contributed by atoms with Gasteiger partial charge < -0.3 is 9.30 Å². The van der Waals surface area contributed by atoms with E-state index < -0.39 is 0 Å². The molecule has 1 heterocycles. The fourth-order valence-corrected chi connectivity index (χ4v) is 5.82. The Balaban J connectivity index is 2.64. The van der Waals surface area contributed by atoms with Crippen LogP contribution in [0.4, 0.5) is 0 Å². The molecule has 1 aromatic heterocycles. The van der Waals surface area contributed by atoms with Gasteiger partial charge in [0.1, 0.15) is 5.75 Å². The Morgan fingerprint density at radius 2 is 1.55 bits per heavy atom. The van der Waals surface area contributed by atoms with Crippen molar-refractivity contribution in [2.24, 2.45) is 0 Å². The summed E-state index contributed by atoms with van der Waals surface area (Å²) in [4.78, 5) is 0. The molecule has 0 fully saturated rings. The topological polar surface area (TPSA) is 14.2 Å². The summed E-state index contributed by atoms with van der Waals surface area (Å²) in [7, 11) is 1.62. The van der Waals surface area contributed by atoms with Crippen molar-refractivity contribution in [2.45, 2.75) is 40.5 Å². The summed E-state index contributed by atoms with van der Waals surface area (Å²) >= 11 is 0.